The van der Waals surface area contributed by atoms with E-state index in [1.165, 1.54) is 38.5 Å². The molecule has 2 nitrogen and oxygen atoms in total. The van der Waals surface area contributed by atoms with Gasteiger partial charge in [0, 0.05) is 0 Å². The number of carboxylic acid groups (broad SMARTS) is 1. The number of carbonyl (C=O) groups is 1. The summed E-state index contributed by atoms with van der Waals surface area (Å²) < 4.78 is 0. The number of hydrogen-bond donors (Lipinski definition) is 1. The van der Waals surface area contributed by atoms with Gasteiger partial charge in [0.05, 0.1) is 5.92 Å². The summed E-state index contributed by atoms with van der Waals surface area (Å²) in [7, 11) is 0. The molecule has 0 heterocycles. The molecular formula is C16H26O2. The summed E-state index contributed by atoms with van der Waals surface area (Å²) in [5, 5.41) is 9.69. The first-order valence-corrected chi connectivity index (χ1v) is 7.56. The zero-order valence-electron chi connectivity index (χ0n) is 11.9. The number of carboxylic acids is 1. The first kappa shape index (κ1) is 12.5. The molecule has 4 aliphatic rings. The Balaban J connectivity index is 1.97. The van der Waals surface area contributed by atoms with E-state index in [1.807, 2.05) is 0 Å². The highest BCUT2D eigenvalue weighted by Gasteiger charge is 2.60. The summed E-state index contributed by atoms with van der Waals surface area (Å²) in [6, 6.07) is 0. The van der Waals surface area contributed by atoms with Crippen molar-refractivity contribution in [3.8, 4) is 0 Å². The molecule has 0 aromatic heterocycles. The molecule has 102 valence electrons. The fraction of sp³-hybridized carbons (Fsp3) is 0.938. The molecule has 3 atom stereocenters. The van der Waals surface area contributed by atoms with Crippen molar-refractivity contribution in [1.82, 2.24) is 0 Å². The monoisotopic (exact) mass is 250 g/mol. The lowest BCUT2D eigenvalue weighted by Gasteiger charge is -2.63. The highest BCUT2D eigenvalue weighted by Crippen LogP contribution is 2.68. The maximum atomic E-state index is 11.8. The van der Waals surface area contributed by atoms with E-state index in [0.29, 0.717) is 5.41 Å². The molecule has 4 rings (SSSR count). The molecule has 18 heavy (non-hydrogen) atoms. The second-order valence-electron chi connectivity index (χ2n) is 8.19. The van der Waals surface area contributed by atoms with Crippen molar-refractivity contribution in [2.45, 2.75) is 59.3 Å². The minimum atomic E-state index is -0.546. The summed E-state index contributed by atoms with van der Waals surface area (Å²) in [6.07, 6.45) is 7.64. The Hall–Kier alpha value is -0.530. The van der Waals surface area contributed by atoms with E-state index in [4.69, 9.17) is 0 Å². The topological polar surface area (TPSA) is 37.3 Å². The zero-order chi connectivity index (χ0) is 13.1. The molecule has 4 aliphatic carbocycles. The Morgan fingerprint density at radius 3 is 2.11 bits per heavy atom. The van der Waals surface area contributed by atoms with Crippen molar-refractivity contribution >= 4 is 5.97 Å². The van der Waals surface area contributed by atoms with Gasteiger partial charge in [0.2, 0.25) is 0 Å². The smallest absolute Gasteiger partial charge is 0.307 e. The Morgan fingerprint density at radius 1 is 1.17 bits per heavy atom. The van der Waals surface area contributed by atoms with Gasteiger partial charge in [-0.2, -0.15) is 0 Å². The van der Waals surface area contributed by atoms with Crippen molar-refractivity contribution in [3.63, 3.8) is 0 Å². The predicted molar refractivity (Wildman–Crippen MR) is 71.2 cm³/mol. The SMILES string of the molecule is CC(C)C(C(=O)O)C12CC3CC(CC(C)(C3)C1)C2. The van der Waals surface area contributed by atoms with Gasteiger partial charge in [-0.3, -0.25) is 4.79 Å². The van der Waals surface area contributed by atoms with Gasteiger partial charge in [0.15, 0.2) is 0 Å². The van der Waals surface area contributed by atoms with Gasteiger partial charge in [-0.25, -0.2) is 0 Å². The molecule has 1 N–H and O–H groups in total. The third-order valence-corrected chi connectivity index (χ3v) is 5.99. The van der Waals surface area contributed by atoms with Crippen LogP contribution >= 0.6 is 0 Å². The fourth-order valence-electron chi connectivity index (χ4n) is 6.42. The van der Waals surface area contributed by atoms with Crippen LogP contribution in [0.25, 0.3) is 0 Å². The van der Waals surface area contributed by atoms with Crippen molar-refractivity contribution < 1.29 is 9.90 Å². The second-order valence-corrected chi connectivity index (χ2v) is 8.19. The molecular weight excluding hydrogens is 224 g/mol. The molecule has 0 aromatic rings. The average Bonchev–Trinajstić information content (AvgIpc) is 2.09. The van der Waals surface area contributed by atoms with E-state index in [1.54, 1.807) is 0 Å². The maximum Gasteiger partial charge on any atom is 0.307 e. The van der Waals surface area contributed by atoms with Crippen LogP contribution in [0.3, 0.4) is 0 Å². The van der Waals surface area contributed by atoms with Gasteiger partial charge in [0.25, 0.3) is 0 Å². The van der Waals surface area contributed by atoms with E-state index in [2.05, 4.69) is 20.8 Å². The highest BCUT2D eigenvalue weighted by molar-refractivity contribution is 5.71. The van der Waals surface area contributed by atoms with Gasteiger partial charge >= 0.3 is 5.97 Å². The molecule has 4 fully saturated rings. The molecule has 3 unspecified atom stereocenters. The Bertz CT molecular complexity index is 357. The van der Waals surface area contributed by atoms with E-state index in [-0.39, 0.29) is 17.3 Å². The van der Waals surface area contributed by atoms with Crippen molar-refractivity contribution in [1.29, 1.82) is 0 Å². The van der Waals surface area contributed by atoms with Gasteiger partial charge in [-0.1, -0.05) is 20.8 Å². The van der Waals surface area contributed by atoms with Crippen LogP contribution in [0.1, 0.15) is 59.3 Å². The summed E-state index contributed by atoms with van der Waals surface area (Å²) >= 11 is 0. The number of rotatable bonds is 3. The molecule has 0 amide bonds. The third-order valence-electron chi connectivity index (χ3n) is 5.99. The minimum absolute atomic E-state index is 0.122. The summed E-state index contributed by atoms with van der Waals surface area (Å²) in [5.41, 5.74) is 0.575. The van der Waals surface area contributed by atoms with Crippen LogP contribution in [0.5, 0.6) is 0 Å². The van der Waals surface area contributed by atoms with Crippen molar-refractivity contribution in [2.24, 2.45) is 34.5 Å². The molecule has 4 saturated carbocycles. The Kier molecular flexibility index (Phi) is 2.60. The van der Waals surface area contributed by atoms with Crippen LogP contribution in [0.15, 0.2) is 0 Å². The maximum absolute atomic E-state index is 11.8. The first-order valence-electron chi connectivity index (χ1n) is 7.56. The quantitative estimate of drug-likeness (QED) is 0.823. The van der Waals surface area contributed by atoms with Crippen molar-refractivity contribution in [2.75, 3.05) is 0 Å². The largest absolute Gasteiger partial charge is 0.481 e. The molecule has 0 radical (unpaired) electrons. The minimum Gasteiger partial charge on any atom is -0.481 e. The first-order chi connectivity index (χ1) is 8.34. The lowest BCUT2D eigenvalue weighted by Crippen LogP contribution is -2.56. The Labute approximate surface area is 110 Å². The van der Waals surface area contributed by atoms with Crippen LogP contribution < -0.4 is 0 Å². The van der Waals surface area contributed by atoms with Crippen LogP contribution in [-0.4, -0.2) is 11.1 Å². The number of hydrogen-bond acceptors (Lipinski definition) is 1. The average molecular weight is 250 g/mol. The molecule has 0 aromatic carbocycles. The van der Waals surface area contributed by atoms with Gasteiger partial charge in [0.1, 0.15) is 0 Å². The Morgan fingerprint density at radius 2 is 1.72 bits per heavy atom. The van der Waals surface area contributed by atoms with E-state index >= 15 is 0 Å². The lowest BCUT2D eigenvalue weighted by molar-refractivity contribution is -0.171. The molecule has 4 bridgehead atoms. The highest BCUT2D eigenvalue weighted by atomic mass is 16.4. The van der Waals surface area contributed by atoms with Crippen LogP contribution in [-0.2, 0) is 4.79 Å². The predicted octanol–water partition coefficient (Wildman–Crippen LogP) is 3.95. The van der Waals surface area contributed by atoms with Gasteiger partial charge in [-0.15, -0.1) is 0 Å². The van der Waals surface area contributed by atoms with Crippen molar-refractivity contribution in [3.05, 3.63) is 0 Å². The van der Waals surface area contributed by atoms with E-state index in [0.717, 1.165) is 11.8 Å². The third kappa shape index (κ3) is 1.71. The van der Waals surface area contributed by atoms with Crippen LogP contribution in [0.4, 0.5) is 0 Å². The summed E-state index contributed by atoms with van der Waals surface area (Å²) in [4.78, 5) is 11.8. The van der Waals surface area contributed by atoms with E-state index < -0.39 is 5.97 Å². The van der Waals surface area contributed by atoms with Gasteiger partial charge < -0.3 is 5.11 Å². The molecule has 0 aliphatic heterocycles. The molecule has 0 saturated heterocycles. The standard InChI is InChI=1S/C16H26O2/c1-10(2)13(14(17)18)16-7-11-4-12(8-16)6-15(3,5-11)9-16/h10-13H,4-9H2,1-3H3,(H,17,18). The zero-order valence-corrected chi connectivity index (χ0v) is 11.9. The van der Waals surface area contributed by atoms with Gasteiger partial charge in [-0.05, 0) is 67.1 Å². The molecule has 2 heteroatoms. The van der Waals surface area contributed by atoms with E-state index in [9.17, 15) is 9.90 Å². The summed E-state index contributed by atoms with van der Waals surface area (Å²) in [6.45, 7) is 6.61. The molecule has 0 spiro atoms. The fourth-order valence-corrected chi connectivity index (χ4v) is 6.42. The number of aliphatic carboxylic acids is 1. The summed E-state index contributed by atoms with van der Waals surface area (Å²) in [5.74, 6) is 1.23. The second kappa shape index (κ2) is 3.74. The van der Waals surface area contributed by atoms with Crippen LogP contribution in [0, 0.1) is 34.5 Å². The lowest BCUT2D eigenvalue weighted by atomic mass is 9.41. The van der Waals surface area contributed by atoms with Crippen LogP contribution in [0.2, 0.25) is 0 Å². The normalized spacial score (nSPS) is 47.6.